The maximum Gasteiger partial charge on any atom is 0.125 e. The van der Waals surface area contributed by atoms with Crippen LogP contribution in [-0.4, -0.2) is 20.7 Å². The molecule has 0 heterocycles. The number of rotatable bonds is 5. The van der Waals surface area contributed by atoms with Crippen molar-refractivity contribution < 1.29 is 9.13 Å². The minimum atomic E-state index is -0.259. The highest BCUT2D eigenvalue weighted by Gasteiger charge is 2.19. The van der Waals surface area contributed by atoms with Gasteiger partial charge in [-0.05, 0) is 24.3 Å². The third kappa shape index (κ3) is 2.91. The summed E-state index contributed by atoms with van der Waals surface area (Å²) >= 11 is 0. The van der Waals surface area contributed by atoms with Gasteiger partial charge in [-0.3, -0.25) is 0 Å². The summed E-state index contributed by atoms with van der Waals surface area (Å²) in [6.07, 6.45) is 0. The van der Waals surface area contributed by atoms with Crippen molar-refractivity contribution in [3.8, 4) is 5.75 Å². The van der Waals surface area contributed by atoms with Crippen molar-refractivity contribution >= 4 is 5.69 Å². The van der Waals surface area contributed by atoms with Crippen molar-refractivity contribution in [1.29, 1.82) is 0 Å². The topological polar surface area (TPSA) is 38.5 Å². The number of methoxy groups -OCH3 is 1. The predicted molar refractivity (Wildman–Crippen MR) is 79.6 cm³/mol. The molecule has 0 aliphatic rings. The SMILES string of the molecule is COc1ccccc1C(CN)N(C)c1cccc(F)c1. The number of nitrogens with two attached hydrogens (primary N) is 1. The lowest BCUT2D eigenvalue weighted by Gasteiger charge is -2.30. The van der Waals surface area contributed by atoms with Crippen molar-refractivity contribution in [2.45, 2.75) is 6.04 Å². The van der Waals surface area contributed by atoms with Gasteiger partial charge in [0.2, 0.25) is 0 Å². The molecule has 0 fully saturated rings. The van der Waals surface area contributed by atoms with Gasteiger partial charge in [0, 0.05) is 24.8 Å². The minimum Gasteiger partial charge on any atom is -0.496 e. The van der Waals surface area contributed by atoms with Gasteiger partial charge in [0.25, 0.3) is 0 Å². The Morgan fingerprint density at radius 2 is 1.95 bits per heavy atom. The number of para-hydroxylation sites is 1. The quantitative estimate of drug-likeness (QED) is 0.911. The van der Waals surface area contributed by atoms with Gasteiger partial charge < -0.3 is 15.4 Å². The largest absolute Gasteiger partial charge is 0.496 e. The normalized spacial score (nSPS) is 12.0. The number of hydrogen-bond donors (Lipinski definition) is 1. The molecule has 2 aromatic rings. The zero-order chi connectivity index (χ0) is 14.5. The number of benzene rings is 2. The molecule has 0 saturated carbocycles. The van der Waals surface area contributed by atoms with Crippen LogP contribution >= 0.6 is 0 Å². The van der Waals surface area contributed by atoms with Gasteiger partial charge in [-0.1, -0.05) is 24.3 Å². The van der Waals surface area contributed by atoms with Gasteiger partial charge >= 0.3 is 0 Å². The maximum atomic E-state index is 13.4. The average Bonchev–Trinajstić information content (AvgIpc) is 2.48. The zero-order valence-corrected chi connectivity index (χ0v) is 11.7. The summed E-state index contributed by atoms with van der Waals surface area (Å²) in [5.74, 6) is 0.524. The highest BCUT2D eigenvalue weighted by Crippen LogP contribution is 2.31. The summed E-state index contributed by atoms with van der Waals surface area (Å²) in [5.41, 5.74) is 7.69. The third-order valence-corrected chi connectivity index (χ3v) is 3.40. The van der Waals surface area contributed by atoms with E-state index in [1.807, 2.05) is 42.3 Å². The molecular weight excluding hydrogens is 255 g/mol. The molecule has 1 unspecified atom stereocenters. The van der Waals surface area contributed by atoms with Crippen molar-refractivity contribution in [1.82, 2.24) is 0 Å². The van der Waals surface area contributed by atoms with E-state index < -0.39 is 0 Å². The monoisotopic (exact) mass is 274 g/mol. The van der Waals surface area contributed by atoms with E-state index in [4.69, 9.17) is 10.5 Å². The molecule has 0 aliphatic carbocycles. The molecule has 4 heteroatoms. The van der Waals surface area contributed by atoms with E-state index in [0.29, 0.717) is 6.54 Å². The van der Waals surface area contributed by atoms with Crippen LogP contribution in [0.2, 0.25) is 0 Å². The first-order valence-corrected chi connectivity index (χ1v) is 6.48. The van der Waals surface area contributed by atoms with Crippen LogP contribution in [0.4, 0.5) is 10.1 Å². The van der Waals surface area contributed by atoms with E-state index in [1.54, 1.807) is 13.2 Å². The Balaban J connectivity index is 2.36. The van der Waals surface area contributed by atoms with Crippen LogP contribution in [0.1, 0.15) is 11.6 Å². The molecule has 20 heavy (non-hydrogen) atoms. The number of anilines is 1. The van der Waals surface area contributed by atoms with Crippen LogP contribution in [0, 0.1) is 5.82 Å². The average molecular weight is 274 g/mol. The lowest BCUT2D eigenvalue weighted by molar-refractivity contribution is 0.405. The fourth-order valence-electron chi connectivity index (χ4n) is 2.31. The molecule has 0 radical (unpaired) electrons. The van der Waals surface area contributed by atoms with Gasteiger partial charge in [-0.25, -0.2) is 4.39 Å². The van der Waals surface area contributed by atoms with Gasteiger partial charge in [0.05, 0.1) is 13.2 Å². The van der Waals surface area contributed by atoms with E-state index in [-0.39, 0.29) is 11.9 Å². The van der Waals surface area contributed by atoms with Crippen LogP contribution in [0.5, 0.6) is 5.75 Å². The van der Waals surface area contributed by atoms with Crippen molar-refractivity contribution in [2.24, 2.45) is 5.73 Å². The molecule has 1 atom stereocenters. The summed E-state index contributed by atoms with van der Waals surface area (Å²) < 4.78 is 18.7. The summed E-state index contributed by atoms with van der Waals surface area (Å²) in [6.45, 7) is 0.410. The Labute approximate surface area is 118 Å². The smallest absolute Gasteiger partial charge is 0.125 e. The molecular formula is C16H19FN2O. The van der Waals surface area contributed by atoms with Gasteiger partial charge in [-0.15, -0.1) is 0 Å². The number of nitrogens with zero attached hydrogens (tertiary/aromatic N) is 1. The summed E-state index contributed by atoms with van der Waals surface area (Å²) in [4.78, 5) is 1.96. The van der Waals surface area contributed by atoms with Crippen molar-refractivity contribution in [3.05, 3.63) is 59.9 Å². The van der Waals surface area contributed by atoms with Gasteiger partial charge in [0.15, 0.2) is 0 Å². The molecule has 2 rings (SSSR count). The Hall–Kier alpha value is -2.07. The van der Waals surface area contributed by atoms with Crippen LogP contribution in [0.3, 0.4) is 0 Å². The predicted octanol–water partition coefficient (Wildman–Crippen LogP) is 2.97. The fourth-order valence-corrected chi connectivity index (χ4v) is 2.31. The van der Waals surface area contributed by atoms with Crippen LogP contribution in [0.15, 0.2) is 48.5 Å². The Morgan fingerprint density at radius 3 is 2.60 bits per heavy atom. The Kier molecular flexibility index (Phi) is 4.58. The Morgan fingerprint density at radius 1 is 1.20 bits per heavy atom. The molecule has 2 aromatic carbocycles. The highest BCUT2D eigenvalue weighted by molar-refractivity contribution is 5.50. The second-order valence-corrected chi connectivity index (χ2v) is 4.58. The van der Waals surface area contributed by atoms with E-state index in [1.165, 1.54) is 12.1 Å². The summed E-state index contributed by atoms with van der Waals surface area (Å²) in [6, 6.07) is 14.1. The van der Waals surface area contributed by atoms with E-state index in [2.05, 4.69) is 0 Å². The summed E-state index contributed by atoms with van der Waals surface area (Å²) in [5, 5.41) is 0. The minimum absolute atomic E-state index is 0.0760. The van der Waals surface area contributed by atoms with Crippen LogP contribution in [0.25, 0.3) is 0 Å². The number of halogens is 1. The molecule has 0 amide bonds. The van der Waals surface area contributed by atoms with E-state index >= 15 is 0 Å². The van der Waals surface area contributed by atoms with Crippen LogP contribution in [-0.2, 0) is 0 Å². The van der Waals surface area contributed by atoms with E-state index in [0.717, 1.165) is 17.0 Å². The molecule has 106 valence electrons. The fraction of sp³-hybridized carbons (Fsp3) is 0.250. The molecule has 0 aromatic heterocycles. The molecule has 0 saturated heterocycles. The molecule has 0 spiro atoms. The van der Waals surface area contributed by atoms with Gasteiger partial charge in [-0.2, -0.15) is 0 Å². The second kappa shape index (κ2) is 6.39. The summed E-state index contributed by atoms with van der Waals surface area (Å²) in [7, 11) is 3.54. The first kappa shape index (κ1) is 14.3. The first-order valence-electron chi connectivity index (χ1n) is 6.48. The lowest BCUT2D eigenvalue weighted by atomic mass is 10.0. The molecule has 0 aliphatic heterocycles. The highest BCUT2D eigenvalue weighted by atomic mass is 19.1. The van der Waals surface area contributed by atoms with Crippen molar-refractivity contribution in [3.63, 3.8) is 0 Å². The molecule has 0 bridgehead atoms. The van der Waals surface area contributed by atoms with Gasteiger partial charge in [0.1, 0.15) is 11.6 Å². The second-order valence-electron chi connectivity index (χ2n) is 4.58. The standard InChI is InChI=1S/C16H19FN2O/c1-19(13-7-5-6-12(17)10-13)15(11-18)14-8-3-4-9-16(14)20-2/h3-10,15H,11,18H2,1-2H3. The number of hydrogen-bond acceptors (Lipinski definition) is 3. The number of likely N-dealkylation sites (N-methyl/N-ethyl adjacent to an activating group) is 1. The number of ether oxygens (including phenoxy) is 1. The Bertz CT molecular complexity index is 574. The molecule has 2 N–H and O–H groups in total. The maximum absolute atomic E-state index is 13.4. The lowest BCUT2D eigenvalue weighted by Crippen LogP contribution is -2.30. The van der Waals surface area contributed by atoms with Crippen molar-refractivity contribution in [2.75, 3.05) is 25.6 Å². The zero-order valence-electron chi connectivity index (χ0n) is 11.7. The van der Waals surface area contributed by atoms with Crippen LogP contribution < -0.4 is 15.4 Å². The van der Waals surface area contributed by atoms with E-state index in [9.17, 15) is 4.39 Å². The molecule has 3 nitrogen and oxygen atoms in total. The first-order chi connectivity index (χ1) is 9.67. The third-order valence-electron chi connectivity index (χ3n) is 3.40.